The fourth-order valence-corrected chi connectivity index (χ4v) is 2.43. The van der Waals surface area contributed by atoms with Crippen molar-refractivity contribution in [3.05, 3.63) is 35.6 Å². The lowest BCUT2D eigenvalue weighted by Gasteiger charge is -2.14. The third kappa shape index (κ3) is 3.70. The largest absolute Gasteiger partial charge is 0.355 e. The molecule has 1 fully saturated rings. The molecule has 4 heteroatoms. The van der Waals surface area contributed by atoms with Gasteiger partial charge in [0.25, 0.3) is 0 Å². The molecule has 1 saturated carbocycles. The Kier molecular flexibility index (Phi) is 4.23. The number of amides is 1. The van der Waals surface area contributed by atoms with Gasteiger partial charge in [0.2, 0.25) is 5.91 Å². The van der Waals surface area contributed by atoms with Crippen molar-refractivity contribution >= 4 is 17.5 Å². The molecule has 0 aliphatic heterocycles. The van der Waals surface area contributed by atoms with Crippen LogP contribution in [-0.4, -0.2) is 18.3 Å². The van der Waals surface area contributed by atoms with Crippen molar-refractivity contribution in [2.24, 2.45) is 5.41 Å². The third-order valence-electron chi connectivity index (χ3n) is 3.52. The van der Waals surface area contributed by atoms with E-state index in [2.05, 4.69) is 5.32 Å². The van der Waals surface area contributed by atoms with Crippen LogP contribution >= 0.6 is 11.6 Å². The predicted molar refractivity (Wildman–Crippen MR) is 70.1 cm³/mol. The van der Waals surface area contributed by atoms with Crippen molar-refractivity contribution in [2.45, 2.75) is 25.7 Å². The summed E-state index contributed by atoms with van der Waals surface area (Å²) in [6, 6.07) is 6.03. The molecule has 1 amide bonds. The first-order valence-corrected chi connectivity index (χ1v) is 6.74. The second-order valence-electron chi connectivity index (χ2n) is 5.02. The maximum atomic E-state index is 12.7. The highest BCUT2D eigenvalue weighted by Gasteiger charge is 2.41. The van der Waals surface area contributed by atoms with Gasteiger partial charge in [0.15, 0.2) is 0 Å². The maximum Gasteiger partial charge on any atom is 0.224 e. The average molecular weight is 270 g/mol. The Bertz CT molecular complexity index is 414. The first kappa shape index (κ1) is 13.3. The van der Waals surface area contributed by atoms with Crippen molar-refractivity contribution in [1.29, 1.82) is 0 Å². The van der Waals surface area contributed by atoms with E-state index in [0.717, 1.165) is 24.8 Å². The van der Waals surface area contributed by atoms with Crippen molar-refractivity contribution in [3.63, 3.8) is 0 Å². The molecule has 2 nitrogen and oxygen atoms in total. The Balaban J connectivity index is 1.77. The van der Waals surface area contributed by atoms with Gasteiger partial charge in [-0.3, -0.25) is 4.79 Å². The smallest absolute Gasteiger partial charge is 0.224 e. The van der Waals surface area contributed by atoms with E-state index < -0.39 is 0 Å². The van der Waals surface area contributed by atoms with Crippen LogP contribution in [0.4, 0.5) is 4.39 Å². The van der Waals surface area contributed by atoms with Crippen LogP contribution in [0.5, 0.6) is 0 Å². The van der Waals surface area contributed by atoms with Gasteiger partial charge < -0.3 is 5.32 Å². The average Bonchev–Trinajstić information content (AvgIpc) is 3.11. The lowest BCUT2D eigenvalue weighted by atomic mass is 10.0. The Morgan fingerprint density at radius 1 is 1.33 bits per heavy atom. The molecule has 1 aliphatic carbocycles. The van der Waals surface area contributed by atoms with Gasteiger partial charge in [0.1, 0.15) is 5.82 Å². The molecular weight excluding hydrogens is 253 g/mol. The molecule has 1 aromatic carbocycles. The molecule has 0 bridgehead atoms. The Labute approximate surface area is 112 Å². The summed E-state index contributed by atoms with van der Waals surface area (Å²) in [4.78, 5) is 11.7. The number of rotatable bonds is 6. The number of carbonyl (C=O) groups excluding carboxylic acids is 1. The number of hydrogen-bond donors (Lipinski definition) is 1. The van der Waals surface area contributed by atoms with E-state index in [1.165, 1.54) is 12.1 Å². The Morgan fingerprint density at radius 2 is 2.00 bits per heavy atom. The number of alkyl halides is 1. The molecule has 1 N–H and O–H groups in total. The minimum Gasteiger partial charge on any atom is -0.355 e. The maximum absolute atomic E-state index is 12.7. The van der Waals surface area contributed by atoms with Gasteiger partial charge in [-0.2, -0.15) is 0 Å². The Hall–Kier alpha value is -1.09. The van der Waals surface area contributed by atoms with Gasteiger partial charge in [-0.05, 0) is 42.4 Å². The summed E-state index contributed by atoms with van der Waals surface area (Å²) in [6.07, 6.45) is 3.57. The molecule has 0 heterocycles. The van der Waals surface area contributed by atoms with Gasteiger partial charge >= 0.3 is 0 Å². The molecule has 0 aromatic heterocycles. The lowest BCUT2D eigenvalue weighted by molar-refractivity contribution is -0.120. The second kappa shape index (κ2) is 5.70. The minimum absolute atomic E-state index is 0.0116. The van der Waals surface area contributed by atoms with E-state index >= 15 is 0 Å². The quantitative estimate of drug-likeness (QED) is 0.791. The highest BCUT2D eigenvalue weighted by atomic mass is 35.5. The van der Waals surface area contributed by atoms with Crippen molar-refractivity contribution in [1.82, 2.24) is 5.32 Å². The van der Waals surface area contributed by atoms with E-state index in [9.17, 15) is 9.18 Å². The van der Waals surface area contributed by atoms with E-state index in [-0.39, 0.29) is 17.1 Å². The highest BCUT2D eigenvalue weighted by Crippen LogP contribution is 2.48. The van der Waals surface area contributed by atoms with Gasteiger partial charge in [0, 0.05) is 12.4 Å². The van der Waals surface area contributed by atoms with Gasteiger partial charge in [-0.25, -0.2) is 4.39 Å². The fourth-order valence-electron chi connectivity index (χ4n) is 2.03. The molecule has 0 radical (unpaired) electrons. The molecule has 1 aliphatic rings. The molecule has 0 saturated heterocycles. The monoisotopic (exact) mass is 269 g/mol. The molecule has 2 rings (SSSR count). The number of nitrogens with one attached hydrogen (secondary N) is 1. The number of benzene rings is 1. The van der Waals surface area contributed by atoms with E-state index in [4.69, 9.17) is 11.6 Å². The third-order valence-corrected chi connectivity index (χ3v) is 3.71. The molecule has 0 spiro atoms. The Morgan fingerprint density at radius 3 is 2.56 bits per heavy atom. The molecule has 1 aromatic rings. The molecule has 0 unspecified atom stereocenters. The standard InChI is InChI=1S/C14H17ClFNO/c15-8-7-14(5-6-14)10-17-13(18)9-11-1-3-12(16)4-2-11/h1-4H,5-10H2,(H,17,18). The van der Waals surface area contributed by atoms with Crippen LogP contribution in [-0.2, 0) is 11.2 Å². The number of halogens is 2. The van der Waals surface area contributed by atoms with Gasteiger partial charge in [0.05, 0.1) is 6.42 Å². The molecular formula is C14H17ClFNO. The van der Waals surface area contributed by atoms with E-state index in [0.29, 0.717) is 18.8 Å². The van der Waals surface area contributed by atoms with Crippen LogP contribution in [0, 0.1) is 11.2 Å². The van der Waals surface area contributed by atoms with E-state index in [1.807, 2.05) is 0 Å². The predicted octanol–water partition coefficient (Wildman–Crippen LogP) is 2.89. The first-order valence-electron chi connectivity index (χ1n) is 6.21. The van der Waals surface area contributed by atoms with Crippen molar-refractivity contribution < 1.29 is 9.18 Å². The van der Waals surface area contributed by atoms with Crippen molar-refractivity contribution in [2.75, 3.05) is 12.4 Å². The van der Waals surface area contributed by atoms with Crippen LogP contribution in [0.3, 0.4) is 0 Å². The van der Waals surface area contributed by atoms with Crippen LogP contribution in [0.15, 0.2) is 24.3 Å². The fraction of sp³-hybridized carbons (Fsp3) is 0.500. The lowest BCUT2D eigenvalue weighted by Crippen LogP contribution is -2.31. The summed E-state index contributed by atoms with van der Waals surface area (Å²) in [6.45, 7) is 0.708. The molecule has 18 heavy (non-hydrogen) atoms. The van der Waals surface area contributed by atoms with Crippen molar-refractivity contribution in [3.8, 4) is 0 Å². The minimum atomic E-state index is -0.279. The molecule has 0 atom stereocenters. The van der Waals surface area contributed by atoms with Crippen LogP contribution in [0.2, 0.25) is 0 Å². The summed E-state index contributed by atoms with van der Waals surface area (Å²) >= 11 is 5.74. The SMILES string of the molecule is O=C(Cc1ccc(F)cc1)NCC1(CCCl)CC1. The highest BCUT2D eigenvalue weighted by molar-refractivity contribution is 6.17. The van der Waals surface area contributed by atoms with Crippen LogP contribution < -0.4 is 5.32 Å². The first-order chi connectivity index (χ1) is 8.63. The van der Waals surface area contributed by atoms with Crippen LogP contribution in [0.1, 0.15) is 24.8 Å². The number of hydrogen-bond acceptors (Lipinski definition) is 1. The normalized spacial score (nSPS) is 16.3. The van der Waals surface area contributed by atoms with Gasteiger partial charge in [-0.1, -0.05) is 12.1 Å². The van der Waals surface area contributed by atoms with E-state index in [1.54, 1.807) is 12.1 Å². The zero-order chi connectivity index (χ0) is 13.0. The van der Waals surface area contributed by atoms with Gasteiger partial charge in [-0.15, -0.1) is 11.6 Å². The summed E-state index contributed by atoms with van der Waals surface area (Å²) < 4.78 is 12.7. The topological polar surface area (TPSA) is 29.1 Å². The summed E-state index contributed by atoms with van der Waals surface area (Å²) in [7, 11) is 0. The zero-order valence-corrected chi connectivity index (χ0v) is 11.0. The summed E-state index contributed by atoms with van der Waals surface area (Å²) in [5.74, 6) is 0.356. The summed E-state index contributed by atoms with van der Waals surface area (Å²) in [5, 5.41) is 2.94. The van der Waals surface area contributed by atoms with Crippen LogP contribution in [0.25, 0.3) is 0 Å². The number of carbonyl (C=O) groups is 1. The summed E-state index contributed by atoms with van der Waals surface area (Å²) in [5.41, 5.74) is 1.08. The molecule has 98 valence electrons. The zero-order valence-electron chi connectivity index (χ0n) is 10.2. The second-order valence-corrected chi connectivity index (χ2v) is 5.40.